The van der Waals surface area contributed by atoms with Gasteiger partial charge in [-0.15, -0.1) is 0 Å². The standard InChI is InChI=1S/C10H16O2S/c11-10(12)9(13)8-6-4-2-1-3-5-7-8/h2,4,8-9,13H,1,3,5-7H2,(H,11,12). The number of carboxylic acid groups (broad SMARTS) is 1. The fraction of sp³-hybridized carbons (Fsp3) is 0.700. The minimum absolute atomic E-state index is 0.206. The Morgan fingerprint density at radius 1 is 1.46 bits per heavy atom. The maximum absolute atomic E-state index is 10.7. The number of carbonyl (C=O) groups is 1. The molecule has 0 aromatic carbocycles. The molecule has 2 nitrogen and oxygen atoms in total. The molecule has 74 valence electrons. The summed E-state index contributed by atoms with van der Waals surface area (Å²) in [6.07, 6.45) is 9.53. The maximum Gasteiger partial charge on any atom is 0.316 e. The first-order chi connectivity index (χ1) is 6.22. The second kappa shape index (κ2) is 5.32. The molecule has 1 aliphatic carbocycles. The molecule has 3 heteroatoms. The van der Waals surface area contributed by atoms with Crippen LogP contribution in [-0.4, -0.2) is 16.3 Å². The normalized spacial score (nSPS) is 26.1. The zero-order valence-electron chi connectivity index (χ0n) is 7.65. The minimum Gasteiger partial charge on any atom is -0.480 e. The Bertz CT molecular complexity index is 201. The first-order valence-electron chi connectivity index (χ1n) is 4.77. The Balaban J connectivity index is 2.51. The van der Waals surface area contributed by atoms with Gasteiger partial charge in [-0.25, -0.2) is 0 Å². The van der Waals surface area contributed by atoms with Crippen molar-refractivity contribution in [2.45, 2.75) is 37.4 Å². The van der Waals surface area contributed by atoms with Crippen LogP contribution in [0.15, 0.2) is 12.2 Å². The molecule has 0 aromatic heterocycles. The Morgan fingerprint density at radius 3 is 2.92 bits per heavy atom. The van der Waals surface area contributed by atoms with Gasteiger partial charge < -0.3 is 5.11 Å². The van der Waals surface area contributed by atoms with Crippen molar-refractivity contribution in [3.05, 3.63) is 12.2 Å². The van der Waals surface area contributed by atoms with Gasteiger partial charge in [0, 0.05) is 0 Å². The molecule has 1 N–H and O–H groups in total. The van der Waals surface area contributed by atoms with Crippen LogP contribution in [0.5, 0.6) is 0 Å². The monoisotopic (exact) mass is 200 g/mol. The highest BCUT2D eigenvalue weighted by molar-refractivity contribution is 7.81. The van der Waals surface area contributed by atoms with Crippen LogP contribution in [0.2, 0.25) is 0 Å². The zero-order chi connectivity index (χ0) is 9.68. The number of rotatable bonds is 2. The highest BCUT2D eigenvalue weighted by atomic mass is 32.1. The fourth-order valence-corrected chi connectivity index (χ4v) is 1.93. The van der Waals surface area contributed by atoms with E-state index in [-0.39, 0.29) is 5.92 Å². The minimum atomic E-state index is -0.790. The lowest BCUT2D eigenvalue weighted by Crippen LogP contribution is -2.24. The summed E-state index contributed by atoms with van der Waals surface area (Å²) >= 11 is 4.12. The Hall–Kier alpha value is -0.440. The summed E-state index contributed by atoms with van der Waals surface area (Å²) < 4.78 is 0. The van der Waals surface area contributed by atoms with Gasteiger partial charge in [-0.3, -0.25) is 4.79 Å². The van der Waals surface area contributed by atoms with Crippen LogP contribution in [0, 0.1) is 5.92 Å². The molecule has 2 unspecified atom stereocenters. The topological polar surface area (TPSA) is 37.3 Å². The third-order valence-corrected chi connectivity index (χ3v) is 3.14. The number of aliphatic carboxylic acids is 1. The van der Waals surface area contributed by atoms with Crippen molar-refractivity contribution >= 4 is 18.6 Å². The third-order valence-electron chi connectivity index (χ3n) is 2.50. The molecule has 0 aliphatic heterocycles. The van der Waals surface area contributed by atoms with Crippen molar-refractivity contribution in [1.29, 1.82) is 0 Å². The predicted octanol–water partition coefficient (Wildman–Crippen LogP) is 2.51. The van der Waals surface area contributed by atoms with E-state index in [4.69, 9.17) is 5.11 Å². The van der Waals surface area contributed by atoms with Gasteiger partial charge in [-0.1, -0.05) is 18.6 Å². The lowest BCUT2D eigenvalue weighted by molar-refractivity contribution is -0.137. The van der Waals surface area contributed by atoms with Crippen molar-refractivity contribution in [3.8, 4) is 0 Å². The Kier molecular flexibility index (Phi) is 4.36. The van der Waals surface area contributed by atoms with Gasteiger partial charge in [0.25, 0.3) is 0 Å². The molecule has 0 saturated carbocycles. The molecule has 0 amide bonds. The van der Waals surface area contributed by atoms with Crippen molar-refractivity contribution < 1.29 is 9.90 Å². The summed E-state index contributed by atoms with van der Waals surface area (Å²) in [5.74, 6) is -0.584. The van der Waals surface area contributed by atoms with Gasteiger partial charge in [0.1, 0.15) is 5.25 Å². The molecule has 0 heterocycles. The second-order valence-electron chi connectivity index (χ2n) is 3.53. The second-order valence-corrected chi connectivity index (χ2v) is 4.09. The summed E-state index contributed by atoms with van der Waals surface area (Å²) in [5, 5.41) is 8.30. The van der Waals surface area contributed by atoms with Crippen LogP contribution in [0.3, 0.4) is 0 Å². The molecular weight excluding hydrogens is 184 g/mol. The average molecular weight is 200 g/mol. The van der Waals surface area contributed by atoms with E-state index < -0.39 is 11.2 Å². The number of hydrogen-bond donors (Lipinski definition) is 2. The summed E-state index contributed by atoms with van der Waals surface area (Å²) in [6, 6.07) is 0. The third kappa shape index (κ3) is 3.43. The van der Waals surface area contributed by atoms with E-state index in [9.17, 15) is 4.79 Å². The van der Waals surface area contributed by atoms with Gasteiger partial charge in [0.15, 0.2) is 0 Å². The highest BCUT2D eigenvalue weighted by Crippen LogP contribution is 2.24. The molecule has 0 saturated heterocycles. The number of allylic oxidation sites excluding steroid dienone is 2. The summed E-state index contributed by atoms with van der Waals surface area (Å²) in [4.78, 5) is 10.7. The molecule has 1 aliphatic rings. The van der Waals surface area contributed by atoms with E-state index in [1.165, 1.54) is 6.42 Å². The van der Waals surface area contributed by atoms with Crippen molar-refractivity contribution in [3.63, 3.8) is 0 Å². The molecule has 2 atom stereocenters. The molecular formula is C10H16O2S. The van der Waals surface area contributed by atoms with Gasteiger partial charge in [0.2, 0.25) is 0 Å². The van der Waals surface area contributed by atoms with E-state index in [1.807, 2.05) is 0 Å². The fourth-order valence-electron chi connectivity index (χ4n) is 1.66. The quantitative estimate of drug-likeness (QED) is 0.531. The lowest BCUT2D eigenvalue weighted by Gasteiger charge is -2.19. The smallest absolute Gasteiger partial charge is 0.316 e. The first kappa shape index (κ1) is 10.6. The van der Waals surface area contributed by atoms with Gasteiger partial charge in [-0.2, -0.15) is 12.6 Å². The van der Waals surface area contributed by atoms with Crippen LogP contribution in [0.1, 0.15) is 32.1 Å². The Morgan fingerprint density at radius 2 is 2.23 bits per heavy atom. The lowest BCUT2D eigenvalue weighted by atomic mass is 9.92. The highest BCUT2D eigenvalue weighted by Gasteiger charge is 2.23. The molecule has 0 spiro atoms. The number of hydrogen-bond acceptors (Lipinski definition) is 2. The van der Waals surface area contributed by atoms with Gasteiger partial charge in [-0.05, 0) is 31.6 Å². The van der Waals surface area contributed by atoms with Crippen molar-refractivity contribution in [2.75, 3.05) is 0 Å². The first-order valence-corrected chi connectivity index (χ1v) is 5.29. The molecule has 13 heavy (non-hydrogen) atoms. The van der Waals surface area contributed by atoms with Crippen LogP contribution in [0.4, 0.5) is 0 Å². The van der Waals surface area contributed by atoms with E-state index in [0.717, 1.165) is 25.7 Å². The van der Waals surface area contributed by atoms with Crippen LogP contribution in [0.25, 0.3) is 0 Å². The molecule has 0 aromatic rings. The Labute approximate surface area is 84.4 Å². The molecule has 1 rings (SSSR count). The van der Waals surface area contributed by atoms with E-state index in [1.54, 1.807) is 0 Å². The maximum atomic E-state index is 10.7. The van der Waals surface area contributed by atoms with E-state index >= 15 is 0 Å². The van der Waals surface area contributed by atoms with Crippen molar-refractivity contribution in [2.24, 2.45) is 5.92 Å². The molecule has 0 radical (unpaired) electrons. The summed E-state index contributed by atoms with van der Waals surface area (Å²) in [5.41, 5.74) is 0. The average Bonchev–Trinajstić information content (AvgIpc) is 2.02. The largest absolute Gasteiger partial charge is 0.480 e. The number of carboxylic acids is 1. The van der Waals surface area contributed by atoms with Gasteiger partial charge in [0.05, 0.1) is 0 Å². The van der Waals surface area contributed by atoms with Gasteiger partial charge >= 0.3 is 5.97 Å². The van der Waals surface area contributed by atoms with E-state index in [0.29, 0.717) is 0 Å². The molecule has 0 fully saturated rings. The van der Waals surface area contributed by atoms with Crippen LogP contribution >= 0.6 is 12.6 Å². The van der Waals surface area contributed by atoms with Crippen LogP contribution in [-0.2, 0) is 4.79 Å². The van der Waals surface area contributed by atoms with Crippen molar-refractivity contribution in [1.82, 2.24) is 0 Å². The summed E-state index contributed by atoms with van der Waals surface area (Å²) in [6.45, 7) is 0. The zero-order valence-corrected chi connectivity index (χ0v) is 8.54. The SMILES string of the molecule is O=C(O)C(S)C1CC=CCCCC1. The molecule has 0 bridgehead atoms. The van der Waals surface area contributed by atoms with Crippen LogP contribution < -0.4 is 0 Å². The number of thiol groups is 1. The summed E-state index contributed by atoms with van der Waals surface area (Å²) in [7, 11) is 0. The van der Waals surface area contributed by atoms with E-state index in [2.05, 4.69) is 24.8 Å². The predicted molar refractivity (Wildman–Crippen MR) is 56.1 cm³/mol.